The van der Waals surface area contributed by atoms with E-state index in [2.05, 4.69) is 51.6 Å². The molecule has 34 heavy (non-hydrogen) atoms. The van der Waals surface area contributed by atoms with Crippen molar-refractivity contribution in [3.05, 3.63) is 42.0 Å². The van der Waals surface area contributed by atoms with Crippen LogP contribution in [0.15, 0.2) is 41.4 Å². The third-order valence-corrected chi connectivity index (χ3v) is 3.49. The Kier molecular flexibility index (Phi) is 21.5. The summed E-state index contributed by atoms with van der Waals surface area (Å²) in [6, 6.07) is 10.5. The second-order valence-corrected chi connectivity index (χ2v) is 6.03. The minimum Gasteiger partial charge on any atom is -0.398 e. The van der Waals surface area contributed by atoms with E-state index in [1.165, 1.54) is 24.1 Å². The predicted molar refractivity (Wildman–Crippen MR) is 121 cm³/mol. The number of amidine groups is 1. The lowest BCUT2D eigenvalue weighted by Gasteiger charge is -2.17. The maximum Gasteiger partial charge on any atom is 0.674 e. The standard InChI is InChI=1S/C15H19N3.4BFH2O2/c1-2-6-13(7-3-1)14-12-15(17-9-8-16-14)18-10-4-5-11-18;4*2-1(3)4/h1-3,6-7,12,16H,4-5,8-11H2;4*3-4H. The fraction of sp³-hybridized carbons (Fsp3) is 0.400. The van der Waals surface area contributed by atoms with E-state index in [0.717, 1.165) is 32.0 Å². The molecule has 11 nitrogen and oxygen atoms in total. The highest BCUT2D eigenvalue weighted by atomic mass is 19.1. The van der Waals surface area contributed by atoms with Crippen molar-refractivity contribution < 1.29 is 57.5 Å². The Morgan fingerprint density at radius 3 is 1.56 bits per heavy atom. The molecule has 0 atom stereocenters. The van der Waals surface area contributed by atoms with E-state index >= 15 is 0 Å². The van der Waals surface area contributed by atoms with Crippen molar-refractivity contribution in [2.24, 2.45) is 4.99 Å². The third kappa shape index (κ3) is 24.5. The molecule has 1 saturated heterocycles. The Labute approximate surface area is 195 Å². The van der Waals surface area contributed by atoms with Gasteiger partial charge in [0.25, 0.3) is 0 Å². The molecule has 3 rings (SSSR count). The maximum absolute atomic E-state index is 10.1. The zero-order valence-electron chi connectivity index (χ0n) is 18.0. The van der Waals surface area contributed by atoms with Crippen LogP contribution in [0, 0.1) is 0 Å². The molecule has 2 aliphatic heterocycles. The molecule has 19 heteroatoms. The molecule has 2 heterocycles. The first kappa shape index (κ1) is 34.1. The molecule has 1 aromatic rings. The summed E-state index contributed by atoms with van der Waals surface area (Å²) in [5.74, 6) is 1.15. The number of benzene rings is 1. The van der Waals surface area contributed by atoms with E-state index in [1.54, 1.807) is 0 Å². The van der Waals surface area contributed by atoms with Crippen molar-refractivity contribution in [2.45, 2.75) is 12.8 Å². The van der Waals surface area contributed by atoms with Gasteiger partial charge in [-0.2, -0.15) is 0 Å². The van der Waals surface area contributed by atoms with Gasteiger partial charge in [-0.15, -0.1) is 0 Å². The molecule has 9 N–H and O–H groups in total. The molecular weight excluding hydrogens is 469 g/mol. The molecule has 0 unspecified atom stereocenters. The lowest BCUT2D eigenvalue weighted by molar-refractivity contribution is 0.338. The van der Waals surface area contributed by atoms with Crippen molar-refractivity contribution in [3.63, 3.8) is 0 Å². The molecule has 0 spiro atoms. The summed E-state index contributed by atoms with van der Waals surface area (Å²) in [5.41, 5.74) is 2.44. The SMILES string of the molecule is C1=C(c2ccccc2)NCCN=C1N1CCCC1.OB(O)F.OB(O)F.OB(O)F.OB(O)F. The van der Waals surface area contributed by atoms with E-state index in [0.29, 0.717) is 0 Å². The van der Waals surface area contributed by atoms with Crippen LogP contribution in [0.25, 0.3) is 5.70 Å². The van der Waals surface area contributed by atoms with Gasteiger partial charge in [-0.3, -0.25) is 22.3 Å². The van der Waals surface area contributed by atoms with Gasteiger partial charge in [0.05, 0.1) is 6.54 Å². The van der Waals surface area contributed by atoms with Crippen molar-refractivity contribution in [1.82, 2.24) is 10.2 Å². The normalized spacial score (nSPS) is 13.7. The topological polar surface area (TPSA) is 189 Å². The molecule has 1 fully saturated rings. The first-order valence-electron chi connectivity index (χ1n) is 9.68. The Hall–Kier alpha value is -2.11. The minimum atomic E-state index is -2.67. The largest absolute Gasteiger partial charge is 0.674 e. The monoisotopic (exact) mass is 497 g/mol. The van der Waals surface area contributed by atoms with Crippen LogP contribution in [0.2, 0.25) is 0 Å². The highest BCUT2D eigenvalue weighted by Gasteiger charge is 2.16. The van der Waals surface area contributed by atoms with Crippen LogP contribution in [0.4, 0.5) is 17.3 Å². The van der Waals surface area contributed by atoms with Crippen molar-refractivity contribution in [3.8, 4) is 0 Å². The van der Waals surface area contributed by atoms with Gasteiger partial charge in [0.2, 0.25) is 0 Å². The highest BCUT2D eigenvalue weighted by molar-refractivity contribution is 6.32. The second-order valence-electron chi connectivity index (χ2n) is 6.03. The van der Waals surface area contributed by atoms with Crippen molar-refractivity contribution in [2.75, 3.05) is 26.2 Å². The van der Waals surface area contributed by atoms with E-state index in [-0.39, 0.29) is 0 Å². The summed E-state index contributed by atoms with van der Waals surface area (Å²) < 4.78 is 40.4. The van der Waals surface area contributed by atoms with Gasteiger partial charge in [-0.25, -0.2) is 0 Å². The average molecular weight is 497 g/mol. The summed E-state index contributed by atoms with van der Waals surface area (Å²) in [7, 11) is -10.7. The Morgan fingerprint density at radius 1 is 0.735 bits per heavy atom. The number of hydrogen-bond donors (Lipinski definition) is 9. The summed E-state index contributed by atoms with van der Waals surface area (Å²) in [5, 5.41) is 59.0. The van der Waals surface area contributed by atoms with Crippen LogP contribution in [0.1, 0.15) is 18.4 Å². The molecule has 0 aliphatic carbocycles. The first-order chi connectivity index (χ1) is 15.9. The van der Waals surface area contributed by atoms with E-state index in [1.807, 2.05) is 0 Å². The lowest BCUT2D eigenvalue weighted by Crippen LogP contribution is -2.26. The van der Waals surface area contributed by atoms with Crippen LogP contribution in [0.5, 0.6) is 0 Å². The third-order valence-electron chi connectivity index (χ3n) is 3.49. The molecule has 0 aromatic heterocycles. The van der Waals surface area contributed by atoms with Crippen LogP contribution < -0.4 is 5.32 Å². The Bertz CT molecular complexity index is 641. The molecule has 2 aliphatic rings. The van der Waals surface area contributed by atoms with Gasteiger partial charge in [-0.05, 0) is 18.4 Å². The van der Waals surface area contributed by atoms with Crippen LogP contribution in [-0.2, 0) is 0 Å². The van der Waals surface area contributed by atoms with Crippen molar-refractivity contribution in [1.29, 1.82) is 0 Å². The van der Waals surface area contributed by atoms with Gasteiger partial charge in [0.1, 0.15) is 5.84 Å². The quantitative estimate of drug-likeness (QED) is 0.153. The van der Waals surface area contributed by atoms with Crippen LogP contribution in [0.3, 0.4) is 0 Å². The molecule has 0 radical (unpaired) electrons. The molecule has 190 valence electrons. The minimum absolute atomic E-state index is 0.860. The maximum atomic E-state index is 10.1. The van der Waals surface area contributed by atoms with Crippen LogP contribution >= 0.6 is 0 Å². The zero-order chi connectivity index (χ0) is 26.5. The van der Waals surface area contributed by atoms with E-state index in [9.17, 15) is 17.3 Å². The Balaban J connectivity index is 0. The van der Waals surface area contributed by atoms with Gasteiger partial charge >= 0.3 is 29.6 Å². The summed E-state index contributed by atoms with van der Waals surface area (Å²) in [4.78, 5) is 7.08. The summed E-state index contributed by atoms with van der Waals surface area (Å²) in [6.45, 7) is 4.07. The molecule has 0 saturated carbocycles. The van der Waals surface area contributed by atoms with Gasteiger partial charge in [-0.1, -0.05) is 30.3 Å². The summed E-state index contributed by atoms with van der Waals surface area (Å²) >= 11 is 0. The number of likely N-dealkylation sites (tertiary alicyclic amines) is 1. The van der Waals surface area contributed by atoms with E-state index in [4.69, 9.17) is 40.2 Å². The molecule has 0 amide bonds. The van der Waals surface area contributed by atoms with Gasteiger partial charge < -0.3 is 50.4 Å². The van der Waals surface area contributed by atoms with Gasteiger partial charge in [0, 0.05) is 31.4 Å². The fourth-order valence-corrected chi connectivity index (χ4v) is 2.53. The number of hydrogen-bond acceptors (Lipinski definition) is 11. The van der Waals surface area contributed by atoms with E-state index < -0.39 is 29.6 Å². The second kappa shape index (κ2) is 21.4. The number of rotatable bonds is 1. The first-order valence-corrected chi connectivity index (χ1v) is 9.68. The Morgan fingerprint density at radius 2 is 1.15 bits per heavy atom. The predicted octanol–water partition coefficient (Wildman–Crippen LogP) is -2.17. The molecule has 1 aromatic carbocycles. The van der Waals surface area contributed by atoms with Crippen LogP contribution in [-0.4, -0.2) is 107 Å². The number of halogens is 4. The lowest BCUT2D eigenvalue weighted by atomic mass is 10.1. The number of nitrogens with one attached hydrogen (secondary N) is 1. The average Bonchev–Trinajstić information content (AvgIpc) is 3.12. The number of nitrogens with zero attached hydrogens (tertiary/aromatic N) is 2. The smallest absolute Gasteiger partial charge is 0.398 e. The van der Waals surface area contributed by atoms with Gasteiger partial charge in [0.15, 0.2) is 0 Å². The zero-order valence-corrected chi connectivity index (χ0v) is 18.0. The fourth-order valence-electron chi connectivity index (χ4n) is 2.53. The number of aliphatic imine (C=N–C) groups is 1. The summed E-state index contributed by atoms with van der Waals surface area (Å²) in [6.07, 6.45) is 4.79. The highest BCUT2D eigenvalue weighted by Crippen LogP contribution is 2.16. The molecular formula is C15H27B4F4N3O8. The molecule has 0 bridgehead atoms. The van der Waals surface area contributed by atoms with Crippen molar-refractivity contribution >= 4 is 41.1 Å².